The average molecular weight is 146 g/mol. The summed E-state index contributed by atoms with van der Waals surface area (Å²) in [5.41, 5.74) is 1.96. The van der Waals surface area contributed by atoms with Gasteiger partial charge in [-0.05, 0) is 24.6 Å². The summed E-state index contributed by atoms with van der Waals surface area (Å²) in [5.74, 6) is 3.32. The fourth-order valence-corrected chi connectivity index (χ4v) is 0.918. The van der Waals surface area contributed by atoms with E-state index in [-0.39, 0.29) is 0 Å². The van der Waals surface area contributed by atoms with Gasteiger partial charge in [-0.1, -0.05) is 12.0 Å². The van der Waals surface area contributed by atoms with Gasteiger partial charge in [0.25, 0.3) is 0 Å². The van der Waals surface area contributed by atoms with Crippen LogP contribution in [-0.4, -0.2) is 7.11 Å². The molecule has 1 nitrogen and oxygen atoms in total. The normalized spacial score (nSPS) is 8.82. The van der Waals surface area contributed by atoms with Crippen LogP contribution in [0.1, 0.15) is 11.1 Å². The smallest absolute Gasteiger partial charge is 0.134 e. The highest BCUT2D eigenvalue weighted by Gasteiger charge is 1.97. The molecule has 0 fully saturated rings. The van der Waals surface area contributed by atoms with Gasteiger partial charge in [-0.25, -0.2) is 0 Å². The Balaban J connectivity index is 3.19. The molecule has 0 bridgehead atoms. The van der Waals surface area contributed by atoms with E-state index in [4.69, 9.17) is 11.2 Å². The lowest BCUT2D eigenvalue weighted by Gasteiger charge is -2.02. The van der Waals surface area contributed by atoms with Crippen LogP contribution in [0.2, 0.25) is 0 Å². The van der Waals surface area contributed by atoms with Gasteiger partial charge < -0.3 is 4.74 Å². The molecule has 1 aromatic carbocycles. The molecule has 1 aromatic rings. The van der Waals surface area contributed by atoms with Gasteiger partial charge in [-0.3, -0.25) is 0 Å². The second kappa shape index (κ2) is 3.12. The number of methoxy groups -OCH3 is 1. The molecule has 11 heavy (non-hydrogen) atoms. The molecule has 0 aliphatic rings. The van der Waals surface area contributed by atoms with E-state index >= 15 is 0 Å². The van der Waals surface area contributed by atoms with Gasteiger partial charge in [0.1, 0.15) is 5.75 Å². The van der Waals surface area contributed by atoms with E-state index < -0.39 is 0 Å². The molecule has 0 spiro atoms. The van der Waals surface area contributed by atoms with Crippen LogP contribution in [0, 0.1) is 19.3 Å². The maximum atomic E-state index is 5.25. The average Bonchev–Trinajstić information content (AvgIpc) is 2.04. The highest BCUT2D eigenvalue weighted by atomic mass is 16.5. The van der Waals surface area contributed by atoms with Gasteiger partial charge in [0.2, 0.25) is 0 Å². The third-order valence-corrected chi connectivity index (χ3v) is 1.51. The molecule has 0 saturated heterocycles. The molecule has 0 amide bonds. The highest BCUT2D eigenvalue weighted by Crippen LogP contribution is 2.18. The van der Waals surface area contributed by atoms with Crippen molar-refractivity contribution >= 4 is 0 Å². The number of terminal acetylenes is 1. The summed E-state index contributed by atoms with van der Waals surface area (Å²) >= 11 is 0. The Kier molecular flexibility index (Phi) is 2.18. The van der Waals surface area contributed by atoms with Crippen molar-refractivity contribution in [1.29, 1.82) is 0 Å². The number of rotatable bonds is 1. The molecule has 0 radical (unpaired) electrons. The molecule has 56 valence electrons. The monoisotopic (exact) mass is 146 g/mol. The summed E-state index contributed by atoms with van der Waals surface area (Å²) in [6.07, 6.45) is 5.25. The number of ether oxygens (including phenoxy) is 1. The molecule has 0 heterocycles. The second-order valence-electron chi connectivity index (χ2n) is 2.35. The van der Waals surface area contributed by atoms with Gasteiger partial charge >= 0.3 is 0 Å². The van der Waals surface area contributed by atoms with Crippen molar-refractivity contribution in [1.82, 2.24) is 0 Å². The lowest BCUT2D eigenvalue weighted by Crippen LogP contribution is -1.87. The van der Waals surface area contributed by atoms with E-state index in [1.165, 1.54) is 0 Å². The fourth-order valence-electron chi connectivity index (χ4n) is 0.918. The summed E-state index contributed by atoms with van der Waals surface area (Å²) in [4.78, 5) is 0. The van der Waals surface area contributed by atoms with Crippen molar-refractivity contribution in [3.05, 3.63) is 29.3 Å². The minimum atomic E-state index is 0.771. The zero-order valence-electron chi connectivity index (χ0n) is 6.72. The second-order valence-corrected chi connectivity index (χ2v) is 2.35. The van der Waals surface area contributed by atoms with Crippen LogP contribution < -0.4 is 4.74 Å². The van der Waals surface area contributed by atoms with E-state index in [0.717, 1.165) is 16.9 Å². The summed E-state index contributed by atoms with van der Waals surface area (Å²) in [7, 11) is 1.62. The molecule has 0 aromatic heterocycles. The van der Waals surface area contributed by atoms with Crippen LogP contribution in [0.4, 0.5) is 0 Å². The number of hydrogen-bond acceptors (Lipinski definition) is 1. The van der Waals surface area contributed by atoms with Gasteiger partial charge in [0.05, 0.1) is 12.7 Å². The quantitative estimate of drug-likeness (QED) is 0.550. The lowest BCUT2D eigenvalue weighted by atomic mass is 10.1. The van der Waals surface area contributed by atoms with E-state index in [2.05, 4.69) is 5.92 Å². The Labute approximate surface area is 67.0 Å². The fraction of sp³-hybridized carbons (Fsp3) is 0.200. The maximum absolute atomic E-state index is 5.25. The molecule has 0 saturated carbocycles. The molecular weight excluding hydrogens is 136 g/mol. The Morgan fingerprint density at radius 3 is 2.73 bits per heavy atom. The first-order chi connectivity index (χ1) is 5.27. The van der Waals surface area contributed by atoms with Gasteiger partial charge in [-0.2, -0.15) is 0 Å². The van der Waals surface area contributed by atoms with Gasteiger partial charge in [-0.15, -0.1) is 6.42 Å². The molecule has 0 aliphatic heterocycles. The first kappa shape index (κ1) is 7.68. The standard InChI is InChI=1S/C10H10O/c1-4-9-6-5-8(2)7-10(9)11-3/h1,5-7H,2-3H3. The summed E-state index contributed by atoms with van der Waals surface area (Å²) in [6.45, 7) is 2.00. The largest absolute Gasteiger partial charge is 0.495 e. The molecule has 0 unspecified atom stereocenters. The van der Waals surface area contributed by atoms with Crippen LogP contribution in [0.5, 0.6) is 5.75 Å². The molecule has 0 atom stereocenters. The van der Waals surface area contributed by atoms with Crippen molar-refractivity contribution in [3.8, 4) is 18.1 Å². The van der Waals surface area contributed by atoms with Crippen molar-refractivity contribution < 1.29 is 4.74 Å². The van der Waals surface area contributed by atoms with Crippen LogP contribution in [0.15, 0.2) is 18.2 Å². The van der Waals surface area contributed by atoms with E-state index in [9.17, 15) is 0 Å². The summed E-state index contributed by atoms with van der Waals surface area (Å²) in [6, 6.07) is 5.78. The topological polar surface area (TPSA) is 9.23 Å². The highest BCUT2D eigenvalue weighted by molar-refractivity contribution is 5.46. The zero-order valence-corrected chi connectivity index (χ0v) is 6.72. The van der Waals surface area contributed by atoms with E-state index in [1.807, 2.05) is 25.1 Å². The molecule has 0 N–H and O–H groups in total. The maximum Gasteiger partial charge on any atom is 0.134 e. The molecular formula is C10H10O. The zero-order chi connectivity index (χ0) is 8.27. The van der Waals surface area contributed by atoms with Crippen molar-refractivity contribution in [2.45, 2.75) is 6.92 Å². The lowest BCUT2D eigenvalue weighted by molar-refractivity contribution is 0.413. The predicted octanol–water partition coefficient (Wildman–Crippen LogP) is 1.98. The number of aryl methyl sites for hydroxylation is 1. The first-order valence-corrected chi connectivity index (χ1v) is 3.39. The Bertz CT molecular complexity index is 294. The Hall–Kier alpha value is -1.42. The van der Waals surface area contributed by atoms with Crippen molar-refractivity contribution in [2.75, 3.05) is 7.11 Å². The Morgan fingerprint density at radius 2 is 2.18 bits per heavy atom. The van der Waals surface area contributed by atoms with Crippen LogP contribution in [-0.2, 0) is 0 Å². The number of hydrogen-bond donors (Lipinski definition) is 0. The van der Waals surface area contributed by atoms with Crippen LogP contribution >= 0.6 is 0 Å². The van der Waals surface area contributed by atoms with Crippen molar-refractivity contribution in [2.24, 2.45) is 0 Å². The van der Waals surface area contributed by atoms with Gasteiger partial charge in [0.15, 0.2) is 0 Å². The van der Waals surface area contributed by atoms with Crippen molar-refractivity contribution in [3.63, 3.8) is 0 Å². The van der Waals surface area contributed by atoms with Crippen LogP contribution in [0.25, 0.3) is 0 Å². The summed E-state index contributed by atoms with van der Waals surface area (Å²) < 4.78 is 5.07. The van der Waals surface area contributed by atoms with E-state index in [1.54, 1.807) is 7.11 Å². The summed E-state index contributed by atoms with van der Waals surface area (Å²) in [5, 5.41) is 0. The minimum absolute atomic E-state index is 0.771. The van der Waals surface area contributed by atoms with E-state index in [0.29, 0.717) is 0 Å². The predicted molar refractivity (Wildman–Crippen MR) is 45.7 cm³/mol. The first-order valence-electron chi connectivity index (χ1n) is 3.39. The molecule has 1 rings (SSSR count). The molecule has 1 heteroatoms. The third-order valence-electron chi connectivity index (χ3n) is 1.51. The van der Waals surface area contributed by atoms with Gasteiger partial charge in [0, 0.05) is 0 Å². The third kappa shape index (κ3) is 1.53. The SMILES string of the molecule is C#Cc1ccc(C)cc1OC. The Morgan fingerprint density at radius 1 is 1.45 bits per heavy atom. The minimum Gasteiger partial charge on any atom is -0.495 e. The number of benzene rings is 1. The van der Waals surface area contributed by atoms with Crippen LogP contribution in [0.3, 0.4) is 0 Å². The molecule has 0 aliphatic carbocycles.